The summed E-state index contributed by atoms with van der Waals surface area (Å²) in [4.78, 5) is -0.0209. The van der Waals surface area contributed by atoms with Gasteiger partial charge in [0.2, 0.25) is 0 Å². The Morgan fingerprint density at radius 2 is 2.10 bits per heavy atom. The lowest BCUT2D eigenvalue weighted by molar-refractivity contribution is 0.273. The molecular formula is C12H14BrN3O3S. The summed E-state index contributed by atoms with van der Waals surface area (Å²) >= 11 is 3.32. The Labute approximate surface area is 125 Å². The number of H-pyrrole nitrogens is 1. The number of nitrogens with one attached hydrogen (secondary N) is 2. The molecule has 0 aliphatic rings. The molecule has 0 radical (unpaired) electrons. The van der Waals surface area contributed by atoms with Crippen molar-refractivity contribution in [3.8, 4) is 0 Å². The van der Waals surface area contributed by atoms with Gasteiger partial charge in [0.1, 0.15) is 10.6 Å². The number of sulfonamides is 1. The van der Waals surface area contributed by atoms with Crippen molar-refractivity contribution in [2.24, 2.45) is 0 Å². The molecule has 2 aromatic rings. The van der Waals surface area contributed by atoms with Crippen molar-refractivity contribution in [3.05, 3.63) is 39.6 Å². The maximum absolute atomic E-state index is 12.4. The molecule has 0 unspecified atom stereocenters. The molecule has 0 saturated heterocycles. The highest BCUT2D eigenvalue weighted by molar-refractivity contribution is 9.10. The van der Waals surface area contributed by atoms with E-state index < -0.39 is 16.6 Å². The first-order valence-electron chi connectivity index (χ1n) is 5.79. The number of aromatic nitrogens is 2. The predicted molar refractivity (Wildman–Crippen MR) is 78.9 cm³/mol. The minimum atomic E-state index is -3.81. The summed E-state index contributed by atoms with van der Waals surface area (Å²) in [7, 11) is -3.81. The van der Waals surface area contributed by atoms with Crippen molar-refractivity contribution in [2.75, 3.05) is 4.72 Å². The summed E-state index contributed by atoms with van der Waals surface area (Å²) in [5.41, 5.74) is 1.92. The fraction of sp³-hybridized carbons (Fsp3) is 0.250. The van der Waals surface area contributed by atoms with Gasteiger partial charge in [-0.3, -0.25) is 9.82 Å². The van der Waals surface area contributed by atoms with Crippen LogP contribution in [0.5, 0.6) is 0 Å². The Kier molecular flexibility index (Phi) is 4.17. The molecule has 0 aliphatic carbocycles. The van der Waals surface area contributed by atoms with Crippen LogP contribution in [0.25, 0.3) is 0 Å². The number of aryl methyl sites for hydroxylation is 2. The number of aromatic amines is 1. The highest BCUT2D eigenvalue weighted by Crippen LogP contribution is 2.27. The molecule has 3 N–H and O–H groups in total. The first-order chi connectivity index (χ1) is 9.35. The summed E-state index contributed by atoms with van der Waals surface area (Å²) in [6.45, 7) is 3.05. The number of halogens is 1. The van der Waals surface area contributed by atoms with Crippen LogP contribution >= 0.6 is 15.9 Å². The Morgan fingerprint density at radius 3 is 2.70 bits per heavy atom. The largest absolute Gasteiger partial charge is 0.390 e. The van der Waals surface area contributed by atoms with E-state index in [0.717, 1.165) is 5.56 Å². The van der Waals surface area contributed by atoms with Gasteiger partial charge in [-0.25, -0.2) is 8.42 Å². The van der Waals surface area contributed by atoms with Gasteiger partial charge in [0.05, 0.1) is 18.0 Å². The van der Waals surface area contributed by atoms with E-state index in [2.05, 4.69) is 30.8 Å². The average molecular weight is 360 g/mol. The maximum Gasteiger partial charge on any atom is 0.265 e. The summed E-state index contributed by atoms with van der Waals surface area (Å²) < 4.78 is 27.9. The van der Waals surface area contributed by atoms with Crippen LogP contribution in [0.2, 0.25) is 0 Å². The van der Waals surface area contributed by atoms with Crippen LogP contribution in [0.3, 0.4) is 0 Å². The number of anilines is 1. The van der Waals surface area contributed by atoms with Gasteiger partial charge in [0, 0.05) is 4.47 Å². The molecule has 0 bridgehead atoms. The molecule has 0 amide bonds. The highest BCUT2D eigenvalue weighted by Gasteiger charge is 2.24. The topological polar surface area (TPSA) is 95.1 Å². The normalized spacial score (nSPS) is 11.6. The molecule has 1 heterocycles. The lowest BCUT2D eigenvalue weighted by Gasteiger charge is -2.10. The third-order valence-corrected chi connectivity index (χ3v) is 4.97. The van der Waals surface area contributed by atoms with Gasteiger partial charge in [-0.1, -0.05) is 6.07 Å². The number of nitrogens with zero attached hydrogens (tertiary/aromatic N) is 1. The van der Waals surface area contributed by atoms with Gasteiger partial charge in [0.15, 0.2) is 0 Å². The number of aliphatic hydroxyl groups is 1. The summed E-state index contributed by atoms with van der Waals surface area (Å²) in [6, 6.07) is 5.29. The van der Waals surface area contributed by atoms with Gasteiger partial charge in [-0.15, -0.1) is 0 Å². The fourth-order valence-electron chi connectivity index (χ4n) is 1.83. The third kappa shape index (κ3) is 2.87. The van der Waals surface area contributed by atoms with E-state index in [0.29, 0.717) is 15.9 Å². The van der Waals surface area contributed by atoms with Crippen LogP contribution < -0.4 is 4.72 Å². The Balaban J connectivity index is 2.43. The first-order valence-corrected chi connectivity index (χ1v) is 8.06. The zero-order valence-electron chi connectivity index (χ0n) is 10.9. The van der Waals surface area contributed by atoms with Crippen molar-refractivity contribution in [1.29, 1.82) is 0 Å². The molecule has 108 valence electrons. The molecule has 2 rings (SSSR count). The van der Waals surface area contributed by atoms with E-state index in [1.807, 2.05) is 13.0 Å². The zero-order valence-corrected chi connectivity index (χ0v) is 13.3. The van der Waals surface area contributed by atoms with E-state index in [1.54, 1.807) is 19.1 Å². The van der Waals surface area contributed by atoms with Gasteiger partial charge in [0.25, 0.3) is 10.0 Å². The van der Waals surface area contributed by atoms with Crippen molar-refractivity contribution >= 4 is 31.6 Å². The molecule has 20 heavy (non-hydrogen) atoms. The lowest BCUT2D eigenvalue weighted by atomic mass is 10.2. The molecule has 1 aromatic carbocycles. The second kappa shape index (κ2) is 5.55. The quantitative estimate of drug-likeness (QED) is 0.778. The standard InChI is InChI=1S/C12H14BrN3O3S/c1-7-3-4-10(9(13)5-7)16-20(18,19)12-8(2)14-15-11(12)6-17/h3-5,16-17H,6H2,1-2H3,(H,14,15). The number of benzene rings is 1. The smallest absolute Gasteiger partial charge is 0.265 e. The van der Waals surface area contributed by atoms with Gasteiger partial charge in [-0.05, 0) is 47.5 Å². The third-order valence-electron chi connectivity index (χ3n) is 2.75. The van der Waals surface area contributed by atoms with E-state index in [-0.39, 0.29) is 10.6 Å². The van der Waals surface area contributed by atoms with Crippen molar-refractivity contribution in [3.63, 3.8) is 0 Å². The van der Waals surface area contributed by atoms with E-state index >= 15 is 0 Å². The van der Waals surface area contributed by atoms with Crippen molar-refractivity contribution in [2.45, 2.75) is 25.3 Å². The van der Waals surface area contributed by atoms with Crippen LogP contribution in [-0.2, 0) is 16.6 Å². The van der Waals surface area contributed by atoms with Crippen LogP contribution in [0.15, 0.2) is 27.6 Å². The van der Waals surface area contributed by atoms with Crippen LogP contribution in [0, 0.1) is 13.8 Å². The summed E-state index contributed by atoms with van der Waals surface area (Å²) in [5.74, 6) is 0. The minimum absolute atomic E-state index is 0.0209. The first kappa shape index (κ1) is 15.0. The molecule has 0 atom stereocenters. The monoisotopic (exact) mass is 359 g/mol. The second-order valence-electron chi connectivity index (χ2n) is 4.37. The van der Waals surface area contributed by atoms with Crippen molar-refractivity contribution in [1.82, 2.24) is 10.2 Å². The number of hydrogen-bond acceptors (Lipinski definition) is 4. The Morgan fingerprint density at radius 1 is 1.40 bits per heavy atom. The predicted octanol–water partition coefficient (Wildman–Crippen LogP) is 2.08. The number of rotatable bonds is 4. The molecule has 8 heteroatoms. The highest BCUT2D eigenvalue weighted by atomic mass is 79.9. The van der Waals surface area contributed by atoms with Crippen LogP contribution in [-0.4, -0.2) is 23.7 Å². The zero-order chi connectivity index (χ0) is 14.9. The molecular weight excluding hydrogens is 346 g/mol. The Bertz CT molecular complexity index is 740. The molecule has 0 fully saturated rings. The number of aliphatic hydroxyl groups excluding tert-OH is 1. The molecule has 1 aromatic heterocycles. The van der Waals surface area contributed by atoms with E-state index in [1.165, 1.54) is 0 Å². The molecule has 0 aliphatic heterocycles. The number of hydrogen-bond donors (Lipinski definition) is 3. The fourth-order valence-corrected chi connectivity index (χ4v) is 3.99. The van der Waals surface area contributed by atoms with Gasteiger partial charge >= 0.3 is 0 Å². The maximum atomic E-state index is 12.4. The van der Waals surface area contributed by atoms with Gasteiger partial charge in [-0.2, -0.15) is 5.10 Å². The molecule has 0 saturated carbocycles. The lowest BCUT2D eigenvalue weighted by Crippen LogP contribution is -2.15. The summed E-state index contributed by atoms with van der Waals surface area (Å²) in [6.07, 6.45) is 0. The minimum Gasteiger partial charge on any atom is -0.390 e. The summed E-state index contributed by atoms with van der Waals surface area (Å²) in [5, 5.41) is 15.5. The molecule has 6 nitrogen and oxygen atoms in total. The van der Waals surface area contributed by atoms with E-state index in [4.69, 9.17) is 5.11 Å². The van der Waals surface area contributed by atoms with Gasteiger partial charge < -0.3 is 5.11 Å². The van der Waals surface area contributed by atoms with Crippen LogP contribution in [0.4, 0.5) is 5.69 Å². The van der Waals surface area contributed by atoms with E-state index in [9.17, 15) is 8.42 Å². The SMILES string of the molecule is Cc1ccc(NS(=O)(=O)c2c(CO)n[nH]c2C)c(Br)c1. The van der Waals surface area contributed by atoms with Crippen molar-refractivity contribution < 1.29 is 13.5 Å². The van der Waals surface area contributed by atoms with Crippen LogP contribution in [0.1, 0.15) is 17.0 Å². The average Bonchev–Trinajstić information content (AvgIpc) is 2.75. The molecule has 0 spiro atoms. The Hall–Kier alpha value is -1.38. The second-order valence-corrected chi connectivity index (χ2v) is 6.84.